The average molecular weight is 256 g/mol. The number of nitrogen functional groups attached to an aromatic ring is 1. The normalized spacial score (nSPS) is 10.6. The van der Waals surface area contributed by atoms with Crippen LogP contribution in [0.15, 0.2) is 42.9 Å². The first-order valence-electron chi connectivity index (χ1n) is 5.52. The minimum Gasteiger partial charge on any atom is -0.422 e. The molecule has 5 nitrogen and oxygen atoms in total. The van der Waals surface area contributed by atoms with Gasteiger partial charge in [0.2, 0.25) is 0 Å². The summed E-state index contributed by atoms with van der Waals surface area (Å²) in [6, 6.07) is 7.07. The Morgan fingerprint density at radius 2 is 1.84 bits per heavy atom. The van der Waals surface area contributed by atoms with Gasteiger partial charge in [0.1, 0.15) is 5.52 Å². The van der Waals surface area contributed by atoms with E-state index >= 15 is 0 Å². The van der Waals surface area contributed by atoms with Gasteiger partial charge in [0.05, 0.1) is 12.4 Å². The highest BCUT2D eigenvalue weighted by molar-refractivity contribution is 5.94. The van der Waals surface area contributed by atoms with Crippen LogP contribution in [0.2, 0.25) is 0 Å². The van der Waals surface area contributed by atoms with Crippen LogP contribution in [0.1, 0.15) is 0 Å². The number of fused-ring (bicyclic) bond motifs is 1. The number of halogens is 1. The van der Waals surface area contributed by atoms with Crippen molar-refractivity contribution in [2.75, 3.05) is 5.73 Å². The Bertz CT molecular complexity index is 730. The molecule has 0 aliphatic heterocycles. The van der Waals surface area contributed by atoms with Crippen LogP contribution in [0.25, 0.3) is 10.9 Å². The number of hydrogen-bond acceptors (Lipinski definition) is 5. The zero-order valence-electron chi connectivity index (χ0n) is 9.75. The predicted octanol–water partition coefficient (Wildman–Crippen LogP) is 2.54. The molecule has 0 radical (unpaired) electrons. The molecule has 0 saturated carbocycles. The van der Waals surface area contributed by atoms with Gasteiger partial charge in [0.15, 0.2) is 11.6 Å². The minimum absolute atomic E-state index is 0.0538. The molecule has 19 heavy (non-hydrogen) atoms. The van der Waals surface area contributed by atoms with E-state index in [0.29, 0.717) is 17.0 Å². The zero-order chi connectivity index (χ0) is 13.2. The maximum absolute atomic E-state index is 12.7. The van der Waals surface area contributed by atoms with E-state index in [9.17, 15) is 4.39 Å². The fraction of sp³-hybridized carbons (Fsp3) is 0. The van der Waals surface area contributed by atoms with Crippen LogP contribution in [-0.2, 0) is 0 Å². The Morgan fingerprint density at radius 3 is 2.63 bits per heavy atom. The molecule has 6 heteroatoms. The lowest BCUT2D eigenvalue weighted by atomic mass is 10.2. The highest BCUT2D eigenvalue weighted by Gasteiger charge is 2.08. The fourth-order valence-corrected chi connectivity index (χ4v) is 1.70. The number of hydrogen-bond donors (Lipinski definition) is 1. The summed E-state index contributed by atoms with van der Waals surface area (Å²) < 4.78 is 18.2. The molecule has 0 atom stereocenters. The van der Waals surface area contributed by atoms with Crippen LogP contribution in [0.5, 0.6) is 11.8 Å². The molecule has 0 fully saturated rings. The second kappa shape index (κ2) is 4.49. The molecular formula is C13H9FN4O. The molecule has 0 bridgehead atoms. The predicted molar refractivity (Wildman–Crippen MR) is 68.2 cm³/mol. The molecule has 0 unspecified atom stereocenters. The average Bonchev–Trinajstić information content (AvgIpc) is 2.45. The Hall–Kier alpha value is -2.76. The van der Waals surface area contributed by atoms with E-state index in [1.807, 2.05) is 6.07 Å². The van der Waals surface area contributed by atoms with Crippen molar-refractivity contribution in [3.63, 3.8) is 0 Å². The lowest BCUT2D eigenvalue weighted by molar-refractivity contribution is 0.440. The summed E-state index contributed by atoms with van der Waals surface area (Å²) in [5, 5.41) is 0.780. The number of anilines is 1. The van der Waals surface area contributed by atoms with E-state index in [1.54, 1.807) is 24.4 Å². The third kappa shape index (κ3) is 2.15. The third-order valence-corrected chi connectivity index (χ3v) is 2.56. The summed E-state index contributed by atoms with van der Waals surface area (Å²) >= 11 is 0. The molecule has 3 aromatic rings. The van der Waals surface area contributed by atoms with Crippen molar-refractivity contribution < 1.29 is 9.13 Å². The monoisotopic (exact) mass is 256 g/mol. The molecule has 0 spiro atoms. The molecule has 0 saturated heterocycles. The second-order valence-corrected chi connectivity index (χ2v) is 3.84. The summed E-state index contributed by atoms with van der Waals surface area (Å²) in [4.78, 5) is 11.7. The Labute approximate surface area is 107 Å². The van der Waals surface area contributed by atoms with Crippen LogP contribution < -0.4 is 10.5 Å². The third-order valence-electron chi connectivity index (χ3n) is 2.56. The van der Waals surface area contributed by atoms with Gasteiger partial charge in [-0.05, 0) is 24.3 Å². The Morgan fingerprint density at radius 1 is 1.05 bits per heavy atom. The highest BCUT2D eigenvalue weighted by atomic mass is 19.1. The lowest BCUT2D eigenvalue weighted by Gasteiger charge is -2.07. The SMILES string of the molecule is Nc1ccc(Oc2ncc(F)cn2)c2ncccc12. The van der Waals surface area contributed by atoms with Crippen molar-refractivity contribution in [2.45, 2.75) is 0 Å². The van der Waals surface area contributed by atoms with Gasteiger partial charge in [-0.2, -0.15) is 0 Å². The molecule has 0 aliphatic carbocycles. The quantitative estimate of drug-likeness (QED) is 0.713. The van der Waals surface area contributed by atoms with Crippen molar-refractivity contribution in [3.8, 4) is 11.8 Å². The molecular weight excluding hydrogens is 247 g/mol. The molecule has 2 N–H and O–H groups in total. The molecule has 3 rings (SSSR count). The van der Waals surface area contributed by atoms with Crippen LogP contribution in [-0.4, -0.2) is 15.0 Å². The van der Waals surface area contributed by atoms with Gasteiger partial charge in [-0.3, -0.25) is 4.98 Å². The standard InChI is InChI=1S/C13H9FN4O/c14-8-6-17-13(18-7-8)19-11-4-3-10(15)9-2-1-5-16-12(9)11/h1-7H,15H2. The van der Waals surface area contributed by atoms with E-state index in [1.165, 1.54) is 0 Å². The van der Waals surface area contributed by atoms with Crippen LogP contribution in [0.3, 0.4) is 0 Å². The molecule has 0 aliphatic rings. The highest BCUT2D eigenvalue weighted by Crippen LogP contribution is 2.30. The molecule has 0 amide bonds. The van der Waals surface area contributed by atoms with Crippen LogP contribution in [0, 0.1) is 5.82 Å². The maximum atomic E-state index is 12.7. The van der Waals surface area contributed by atoms with Gasteiger partial charge >= 0.3 is 6.01 Å². The van der Waals surface area contributed by atoms with Crippen molar-refractivity contribution in [1.29, 1.82) is 0 Å². The Kier molecular flexibility index (Phi) is 2.68. The van der Waals surface area contributed by atoms with Gasteiger partial charge in [-0.25, -0.2) is 14.4 Å². The first kappa shape index (κ1) is 11.3. The first-order valence-corrected chi connectivity index (χ1v) is 5.52. The summed E-state index contributed by atoms with van der Waals surface area (Å²) in [5.74, 6) is -0.0518. The number of ether oxygens (including phenoxy) is 1. The number of pyridine rings is 1. The molecule has 1 aromatic carbocycles. The van der Waals surface area contributed by atoms with E-state index in [4.69, 9.17) is 10.5 Å². The summed E-state index contributed by atoms with van der Waals surface area (Å²) in [6.07, 6.45) is 3.71. The van der Waals surface area contributed by atoms with Crippen molar-refractivity contribution in [2.24, 2.45) is 0 Å². The number of nitrogens with two attached hydrogens (primary N) is 1. The Balaban J connectivity index is 2.06. The maximum Gasteiger partial charge on any atom is 0.322 e. The largest absolute Gasteiger partial charge is 0.422 e. The number of aromatic nitrogens is 3. The molecule has 94 valence electrons. The minimum atomic E-state index is -0.521. The summed E-state index contributed by atoms with van der Waals surface area (Å²) in [5.41, 5.74) is 7.08. The van der Waals surface area contributed by atoms with Crippen LogP contribution >= 0.6 is 0 Å². The van der Waals surface area contributed by atoms with E-state index in [-0.39, 0.29) is 6.01 Å². The summed E-state index contributed by atoms with van der Waals surface area (Å²) in [6.45, 7) is 0. The fourth-order valence-electron chi connectivity index (χ4n) is 1.70. The van der Waals surface area contributed by atoms with Crippen molar-refractivity contribution >= 4 is 16.6 Å². The topological polar surface area (TPSA) is 73.9 Å². The van der Waals surface area contributed by atoms with E-state index in [0.717, 1.165) is 17.8 Å². The first-order chi connectivity index (χ1) is 9.24. The molecule has 2 aromatic heterocycles. The lowest BCUT2D eigenvalue weighted by Crippen LogP contribution is -1.95. The molecule has 2 heterocycles. The zero-order valence-corrected chi connectivity index (χ0v) is 9.75. The second-order valence-electron chi connectivity index (χ2n) is 3.84. The van der Waals surface area contributed by atoms with Gasteiger partial charge in [-0.15, -0.1) is 0 Å². The van der Waals surface area contributed by atoms with E-state index < -0.39 is 5.82 Å². The number of nitrogens with zero attached hydrogens (tertiary/aromatic N) is 3. The van der Waals surface area contributed by atoms with Crippen molar-refractivity contribution in [3.05, 3.63) is 48.7 Å². The van der Waals surface area contributed by atoms with Gasteiger partial charge in [0.25, 0.3) is 0 Å². The number of benzene rings is 1. The summed E-state index contributed by atoms with van der Waals surface area (Å²) in [7, 11) is 0. The van der Waals surface area contributed by atoms with E-state index in [2.05, 4.69) is 15.0 Å². The number of rotatable bonds is 2. The van der Waals surface area contributed by atoms with Gasteiger partial charge < -0.3 is 10.5 Å². The smallest absolute Gasteiger partial charge is 0.322 e. The van der Waals surface area contributed by atoms with Gasteiger partial charge in [-0.1, -0.05) is 0 Å². The van der Waals surface area contributed by atoms with Crippen molar-refractivity contribution in [1.82, 2.24) is 15.0 Å². The van der Waals surface area contributed by atoms with Crippen LogP contribution in [0.4, 0.5) is 10.1 Å². The van der Waals surface area contributed by atoms with Gasteiger partial charge in [0, 0.05) is 17.3 Å².